The number of halogens is 1. The SMILES string of the molecule is C=Cc1cn([C@@H]2O[C@H](COC(=O)c3ccccc3)[C@@H](OC(C)=O)[C@H]2F)c(=O)nc1N. The number of aromatic nitrogens is 2. The molecular formula is C20H20FN3O6. The molecule has 0 radical (unpaired) electrons. The van der Waals surface area contributed by atoms with Crippen LogP contribution < -0.4 is 11.4 Å². The van der Waals surface area contributed by atoms with Crippen molar-refractivity contribution in [1.29, 1.82) is 0 Å². The van der Waals surface area contributed by atoms with Crippen LogP contribution in [0.1, 0.15) is 29.1 Å². The second-order valence-corrected chi connectivity index (χ2v) is 6.52. The van der Waals surface area contributed by atoms with Crippen molar-refractivity contribution in [3.05, 3.63) is 64.7 Å². The number of hydrogen-bond acceptors (Lipinski definition) is 8. The van der Waals surface area contributed by atoms with E-state index in [4.69, 9.17) is 19.9 Å². The highest BCUT2D eigenvalue weighted by Crippen LogP contribution is 2.34. The van der Waals surface area contributed by atoms with Gasteiger partial charge in [0.15, 0.2) is 18.5 Å². The van der Waals surface area contributed by atoms with Crippen LogP contribution in [0.4, 0.5) is 10.2 Å². The van der Waals surface area contributed by atoms with E-state index in [0.29, 0.717) is 11.1 Å². The van der Waals surface area contributed by atoms with Gasteiger partial charge in [0, 0.05) is 18.7 Å². The predicted octanol–water partition coefficient (Wildman–Crippen LogP) is 1.49. The van der Waals surface area contributed by atoms with Crippen LogP contribution in [0.3, 0.4) is 0 Å². The number of nitrogens with zero attached hydrogens (tertiary/aromatic N) is 2. The molecule has 0 spiro atoms. The summed E-state index contributed by atoms with van der Waals surface area (Å²) in [5.41, 5.74) is 5.37. The maximum Gasteiger partial charge on any atom is 0.351 e. The zero-order valence-electron chi connectivity index (χ0n) is 16.1. The molecule has 4 atom stereocenters. The van der Waals surface area contributed by atoms with Gasteiger partial charge in [-0.15, -0.1) is 0 Å². The van der Waals surface area contributed by atoms with Gasteiger partial charge >= 0.3 is 17.6 Å². The van der Waals surface area contributed by atoms with Gasteiger partial charge in [-0.2, -0.15) is 4.98 Å². The van der Waals surface area contributed by atoms with Gasteiger partial charge in [0.1, 0.15) is 18.5 Å². The first-order valence-electron chi connectivity index (χ1n) is 9.02. The first-order chi connectivity index (χ1) is 14.3. The maximum atomic E-state index is 15.1. The minimum Gasteiger partial charge on any atom is -0.459 e. The van der Waals surface area contributed by atoms with E-state index in [-0.39, 0.29) is 5.82 Å². The fourth-order valence-electron chi connectivity index (χ4n) is 3.04. The van der Waals surface area contributed by atoms with E-state index < -0.39 is 48.8 Å². The number of ether oxygens (including phenoxy) is 3. The molecule has 0 aliphatic carbocycles. The largest absolute Gasteiger partial charge is 0.459 e. The summed E-state index contributed by atoms with van der Waals surface area (Å²) in [6, 6.07) is 8.17. The van der Waals surface area contributed by atoms with Crippen LogP contribution in [0, 0.1) is 0 Å². The van der Waals surface area contributed by atoms with Crippen molar-refractivity contribution in [3.8, 4) is 0 Å². The Kier molecular flexibility index (Phi) is 6.26. The first kappa shape index (κ1) is 21.2. The second-order valence-electron chi connectivity index (χ2n) is 6.52. The summed E-state index contributed by atoms with van der Waals surface area (Å²) < 4.78 is 31.8. The molecule has 10 heteroatoms. The number of hydrogen-bond donors (Lipinski definition) is 1. The molecule has 1 aliphatic rings. The fourth-order valence-corrected chi connectivity index (χ4v) is 3.04. The topological polar surface area (TPSA) is 123 Å². The van der Waals surface area contributed by atoms with E-state index in [9.17, 15) is 14.4 Å². The van der Waals surface area contributed by atoms with Crippen LogP contribution in [-0.4, -0.2) is 46.5 Å². The number of alkyl halides is 1. The Morgan fingerprint density at radius 1 is 1.37 bits per heavy atom. The Morgan fingerprint density at radius 3 is 2.70 bits per heavy atom. The minimum atomic E-state index is -1.92. The number of nitrogens with two attached hydrogens (primary N) is 1. The van der Waals surface area contributed by atoms with E-state index in [1.807, 2.05) is 0 Å². The minimum absolute atomic E-state index is 0.0652. The number of carbonyl (C=O) groups excluding carboxylic acids is 2. The normalized spacial score (nSPS) is 23.0. The van der Waals surface area contributed by atoms with Crippen molar-refractivity contribution in [2.24, 2.45) is 0 Å². The average molecular weight is 417 g/mol. The second kappa shape index (κ2) is 8.87. The number of carbonyl (C=O) groups is 2. The highest BCUT2D eigenvalue weighted by Gasteiger charge is 2.49. The number of anilines is 1. The molecule has 2 heterocycles. The Hall–Kier alpha value is -3.53. The van der Waals surface area contributed by atoms with Crippen LogP contribution >= 0.6 is 0 Å². The molecule has 1 aromatic carbocycles. The van der Waals surface area contributed by atoms with Crippen LogP contribution in [0.25, 0.3) is 6.08 Å². The van der Waals surface area contributed by atoms with E-state index >= 15 is 4.39 Å². The molecule has 1 saturated heterocycles. The van der Waals surface area contributed by atoms with Gasteiger partial charge in [-0.25, -0.2) is 14.0 Å². The Morgan fingerprint density at radius 2 is 2.07 bits per heavy atom. The lowest BCUT2D eigenvalue weighted by molar-refractivity contribution is -0.152. The van der Waals surface area contributed by atoms with Crippen LogP contribution in [-0.2, 0) is 19.0 Å². The van der Waals surface area contributed by atoms with E-state index in [1.165, 1.54) is 12.3 Å². The predicted molar refractivity (Wildman–Crippen MR) is 104 cm³/mol. The lowest BCUT2D eigenvalue weighted by Crippen LogP contribution is -2.37. The van der Waals surface area contributed by atoms with Crippen molar-refractivity contribution < 1.29 is 28.2 Å². The third-order valence-corrected chi connectivity index (χ3v) is 4.46. The zero-order chi connectivity index (χ0) is 21.8. The molecule has 1 aliphatic heterocycles. The van der Waals surface area contributed by atoms with Crippen molar-refractivity contribution in [2.45, 2.75) is 31.5 Å². The summed E-state index contributed by atoms with van der Waals surface area (Å²) in [4.78, 5) is 39.5. The highest BCUT2D eigenvalue weighted by molar-refractivity contribution is 5.89. The molecule has 2 N–H and O–H groups in total. The zero-order valence-corrected chi connectivity index (χ0v) is 16.1. The van der Waals surface area contributed by atoms with Crippen molar-refractivity contribution in [1.82, 2.24) is 9.55 Å². The Balaban J connectivity index is 1.83. The monoisotopic (exact) mass is 417 g/mol. The number of esters is 2. The van der Waals surface area contributed by atoms with Gasteiger partial charge in [-0.05, 0) is 12.1 Å². The summed E-state index contributed by atoms with van der Waals surface area (Å²) in [6.07, 6.45) is -3.32. The van der Waals surface area contributed by atoms with E-state index in [1.54, 1.807) is 30.3 Å². The smallest absolute Gasteiger partial charge is 0.351 e. The van der Waals surface area contributed by atoms with Gasteiger partial charge in [-0.1, -0.05) is 30.9 Å². The number of rotatable bonds is 6. The summed E-state index contributed by atoms with van der Waals surface area (Å²) in [5, 5.41) is 0. The van der Waals surface area contributed by atoms with Crippen LogP contribution in [0.2, 0.25) is 0 Å². The molecule has 2 aromatic rings. The molecule has 3 rings (SSSR count). The molecular weight excluding hydrogens is 397 g/mol. The quantitative estimate of drug-likeness (QED) is 0.702. The molecule has 9 nitrogen and oxygen atoms in total. The number of benzene rings is 1. The van der Waals surface area contributed by atoms with Gasteiger partial charge in [0.25, 0.3) is 0 Å². The van der Waals surface area contributed by atoms with Crippen molar-refractivity contribution >= 4 is 23.8 Å². The lowest BCUT2D eigenvalue weighted by atomic mass is 10.1. The van der Waals surface area contributed by atoms with E-state index in [2.05, 4.69) is 11.6 Å². The van der Waals surface area contributed by atoms with E-state index in [0.717, 1.165) is 11.5 Å². The maximum absolute atomic E-state index is 15.1. The first-order valence-corrected chi connectivity index (χ1v) is 9.02. The van der Waals surface area contributed by atoms with Crippen molar-refractivity contribution in [3.63, 3.8) is 0 Å². The Labute approximate surface area is 170 Å². The van der Waals surface area contributed by atoms with Crippen LogP contribution in [0.15, 0.2) is 47.9 Å². The molecule has 1 aromatic heterocycles. The van der Waals surface area contributed by atoms with Gasteiger partial charge in [0.05, 0.1) is 5.56 Å². The summed E-state index contributed by atoms with van der Waals surface area (Å²) in [6.45, 7) is 4.27. The fraction of sp³-hybridized carbons (Fsp3) is 0.300. The molecule has 1 fully saturated rings. The number of nitrogen functional groups attached to an aromatic ring is 1. The van der Waals surface area contributed by atoms with Gasteiger partial charge < -0.3 is 19.9 Å². The third-order valence-electron chi connectivity index (χ3n) is 4.46. The lowest BCUT2D eigenvalue weighted by Gasteiger charge is -2.18. The third kappa shape index (κ3) is 4.38. The average Bonchev–Trinajstić information content (AvgIpc) is 3.02. The molecule has 0 unspecified atom stereocenters. The molecule has 158 valence electrons. The molecule has 30 heavy (non-hydrogen) atoms. The summed E-state index contributed by atoms with van der Waals surface area (Å²) in [7, 11) is 0. The standard InChI is InChI=1S/C20H20FN3O6/c1-3-12-9-24(20(27)23-17(12)22)18-15(21)16(29-11(2)25)14(30-18)10-28-19(26)13-7-5-4-6-8-13/h3-9,14-16,18H,1,10H2,2H3,(H2,22,23,27)/t14-,15-,16-,18-/m1/s1. The van der Waals surface area contributed by atoms with Crippen LogP contribution in [0.5, 0.6) is 0 Å². The summed E-state index contributed by atoms with van der Waals surface area (Å²) >= 11 is 0. The summed E-state index contributed by atoms with van der Waals surface area (Å²) in [5.74, 6) is -1.47. The molecule has 0 amide bonds. The Bertz CT molecular complexity index is 1010. The molecule has 0 saturated carbocycles. The van der Waals surface area contributed by atoms with Gasteiger partial charge in [0.2, 0.25) is 0 Å². The van der Waals surface area contributed by atoms with Gasteiger partial charge in [-0.3, -0.25) is 9.36 Å². The van der Waals surface area contributed by atoms with Crippen molar-refractivity contribution in [2.75, 3.05) is 12.3 Å². The molecule has 0 bridgehead atoms. The highest BCUT2D eigenvalue weighted by atomic mass is 19.1.